The minimum Gasteiger partial charge on any atom is -0.369 e. The molecule has 164 valence electrons. The molecular formula is C26H23N5OS. The van der Waals surface area contributed by atoms with Crippen LogP contribution >= 0.6 is 11.3 Å². The van der Waals surface area contributed by atoms with Gasteiger partial charge in [0.25, 0.3) is 0 Å². The molecule has 1 aliphatic heterocycles. The average molecular weight is 454 g/mol. The van der Waals surface area contributed by atoms with Crippen molar-refractivity contribution >= 4 is 23.2 Å². The zero-order valence-corrected chi connectivity index (χ0v) is 19.7. The number of amides is 1. The van der Waals surface area contributed by atoms with Crippen molar-refractivity contribution in [3.63, 3.8) is 0 Å². The first-order valence-electron chi connectivity index (χ1n) is 10.4. The number of pyridine rings is 2. The van der Waals surface area contributed by atoms with Gasteiger partial charge < -0.3 is 5.73 Å². The molecule has 2 N–H and O–H groups in total. The van der Waals surface area contributed by atoms with Crippen molar-refractivity contribution in [2.45, 2.75) is 32.7 Å². The lowest BCUT2D eigenvalue weighted by atomic mass is 9.92. The van der Waals surface area contributed by atoms with E-state index >= 15 is 0 Å². The van der Waals surface area contributed by atoms with Gasteiger partial charge in [0.15, 0.2) is 5.96 Å². The highest BCUT2D eigenvalue weighted by atomic mass is 32.1. The molecule has 1 atom stereocenters. The SMILES string of the molecule is CC#Cc1cncc(-c2cc([C@]3(C)CC(=O)N(C)C(N)=N3)sc2-c2cncc(C#CC)c2)c1. The van der Waals surface area contributed by atoms with Crippen molar-refractivity contribution in [3.8, 4) is 45.2 Å². The second-order valence-electron chi connectivity index (χ2n) is 7.90. The molecule has 0 spiro atoms. The number of aromatic nitrogens is 2. The Balaban J connectivity index is 1.93. The molecule has 0 fully saturated rings. The Morgan fingerprint density at radius 1 is 1.00 bits per heavy atom. The van der Waals surface area contributed by atoms with Gasteiger partial charge in [-0.25, -0.2) is 4.99 Å². The van der Waals surface area contributed by atoms with Gasteiger partial charge in [-0.15, -0.1) is 23.2 Å². The zero-order chi connectivity index (χ0) is 23.6. The van der Waals surface area contributed by atoms with E-state index in [1.54, 1.807) is 44.6 Å². The lowest BCUT2D eigenvalue weighted by Crippen LogP contribution is -2.47. The second kappa shape index (κ2) is 8.90. The first kappa shape index (κ1) is 22.3. The van der Waals surface area contributed by atoms with Crippen molar-refractivity contribution in [3.05, 3.63) is 59.0 Å². The number of guanidine groups is 1. The summed E-state index contributed by atoms with van der Waals surface area (Å²) in [6.45, 7) is 5.54. The minimum absolute atomic E-state index is 0.0646. The summed E-state index contributed by atoms with van der Waals surface area (Å²) in [6.07, 6.45) is 7.37. The average Bonchev–Trinajstić information content (AvgIpc) is 3.25. The topological polar surface area (TPSA) is 84.5 Å². The quantitative estimate of drug-likeness (QED) is 0.608. The lowest BCUT2D eigenvalue weighted by Gasteiger charge is -2.32. The van der Waals surface area contributed by atoms with Crippen LogP contribution in [0.25, 0.3) is 21.6 Å². The summed E-state index contributed by atoms with van der Waals surface area (Å²) < 4.78 is 0. The summed E-state index contributed by atoms with van der Waals surface area (Å²) in [4.78, 5) is 29.4. The molecule has 0 radical (unpaired) electrons. The van der Waals surface area contributed by atoms with Crippen LogP contribution in [0.3, 0.4) is 0 Å². The van der Waals surface area contributed by atoms with Crippen LogP contribution in [0.1, 0.15) is 43.2 Å². The highest BCUT2D eigenvalue weighted by Crippen LogP contribution is 2.46. The van der Waals surface area contributed by atoms with E-state index in [0.29, 0.717) is 0 Å². The van der Waals surface area contributed by atoms with Crippen molar-refractivity contribution < 1.29 is 4.79 Å². The van der Waals surface area contributed by atoms with Crippen molar-refractivity contribution in [1.82, 2.24) is 14.9 Å². The summed E-state index contributed by atoms with van der Waals surface area (Å²) in [5, 5.41) is 0. The van der Waals surface area contributed by atoms with E-state index in [4.69, 9.17) is 5.73 Å². The van der Waals surface area contributed by atoms with Crippen LogP contribution in [-0.4, -0.2) is 33.8 Å². The standard InChI is InChI=1S/C26H23N5OS/c1-5-7-17-9-19(15-28-13-17)21-11-22(26(3)12-23(32)31(4)25(27)30-26)33-24(21)20-10-18(8-6-2)14-29-16-20/h9-11,13-16H,12H2,1-4H3,(H2,27,30)/t26-/m0/s1. The first-order valence-corrected chi connectivity index (χ1v) is 11.2. The molecule has 1 amide bonds. The molecule has 3 aromatic heterocycles. The van der Waals surface area contributed by atoms with Gasteiger partial charge in [0.05, 0.1) is 6.42 Å². The number of rotatable bonds is 3. The molecule has 7 heteroatoms. The normalized spacial score (nSPS) is 17.5. The highest BCUT2D eigenvalue weighted by molar-refractivity contribution is 7.16. The number of carbonyl (C=O) groups excluding carboxylic acids is 1. The lowest BCUT2D eigenvalue weighted by molar-refractivity contribution is -0.128. The monoisotopic (exact) mass is 453 g/mol. The maximum Gasteiger partial charge on any atom is 0.231 e. The third-order valence-corrected chi connectivity index (χ3v) is 6.86. The maximum atomic E-state index is 12.6. The number of hydrogen-bond acceptors (Lipinski definition) is 6. The molecular weight excluding hydrogens is 430 g/mol. The van der Waals surface area contributed by atoms with Gasteiger partial charge in [0.1, 0.15) is 5.54 Å². The number of nitrogens with zero attached hydrogens (tertiary/aromatic N) is 4. The van der Waals surface area contributed by atoms with Crippen LogP contribution in [-0.2, 0) is 10.3 Å². The molecule has 4 heterocycles. The Hall–Kier alpha value is -3.94. The number of aliphatic imine (C=N–C) groups is 1. The van der Waals surface area contributed by atoms with Gasteiger partial charge in [0, 0.05) is 69.4 Å². The van der Waals surface area contributed by atoms with Gasteiger partial charge in [-0.05, 0) is 39.0 Å². The molecule has 4 rings (SSSR count). The molecule has 1 aliphatic rings. The van der Waals surface area contributed by atoms with Crippen molar-refractivity contribution in [2.24, 2.45) is 10.7 Å². The summed E-state index contributed by atoms with van der Waals surface area (Å²) in [5.74, 6) is 12.1. The van der Waals surface area contributed by atoms with Crippen molar-refractivity contribution in [2.75, 3.05) is 7.05 Å². The summed E-state index contributed by atoms with van der Waals surface area (Å²) in [5.41, 5.74) is 9.82. The van der Waals surface area contributed by atoms with E-state index in [0.717, 1.165) is 37.6 Å². The third-order valence-electron chi connectivity index (χ3n) is 5.43. The molecule has 0 aromatic carbocycles. The van der Waals surface area contributed by atoms with Gasteiger partial charge >= 0.3 is 0 Å². The predicted molar refractivity (Wildman–Crippen MR) is 132 cm³/mol. The second-order valence-corrected chi connectivity index (χ2v) is 8.95. The summed E-state index contributed by atoms with van der Waals surface area (Å²) in [6, 6.07) is 6.11. The van der Waals surface area contributed by atoms with Crippen LogP contribution in [0.15, 0.2) is 48.0 Å². The summed E-state index contributed by atoms with van der Waals surface area (Å²) in [7, 11) is 1.64. The van der Waals surface area contributed by atoms with E-state index in [-0.39, 0.29) is 18.3 Å². The zero-order valence-electron chi connectivity index (χ0n) is 18.9. The molecule has 6 nitrogen and oxygen atoms in total. The van der Waals surface area contributed by atoms with E-state index in [9.17, 15) is 4.79 Å². The largest absolute Gasteiger partial charge is 0.369 e. The van der Waals surface area contributed by atoms with Crippen LogP contribution in [0, 0.1) is 23.7 Å². The molecule has 0 saturated carbocycles. The van der Waals surface area contributed by atoms with Crippen molar-refractivity contribution in [1.29, 1.82) is 0 Å². The Bertz CT molecular complexity index is 1320. The van der Waals surface area contributed by atoms with Gasteiger partial charge in [0.2, 0.25) is 5.91 Å². The Morgan fingerprint density at radius 3 is 2.21 bits per heavy atom. The van der Waals surface area contributed by atoms with Crippen LogP contribution < -0.4 is 5.73 Å². The molecule has 33 heavy (non-hydrogen) atoms. The first-order chi connectivity index (χ1) is 15.8. The Labute approximate surface area is 197 Å². The predicted octanol–water partition coefficient (Wildman–Crippen LogP) is 4.01. The van der Waals surface area contributed by atoms with E-state index in [1.807, 2.05) is 31.5 Å². The number of hydrogen-bond donors (Lipinski definition) is 1. The van der Waals surface area contributed by atoms with Crippen LogP contribution in [0.5, 0.6) is 0 Å². The fourth-order valence-electron chi connectivity index (χ4n) is 3.71. The fraction of sp³-hybridized carbons (Fsp3) is 0.231. The van der Waals surface area contributed by atoms with E-state index in [1.165, 1.54) is 4.90 Å². The Kier molecular flexibility index (Phi) is 6.00. The number of carbonyl (C=O) groups is 1. The molecule has 0 aliphatic carbocycles. The molecule has 0 saturated heterocycles. The summed E-state index contributed by atoms with van der Waals surface area (Å²) >= 11 is 1.58. The minimum atomic E-state index is -0.756. The van der Waals surface area contributed by atoms with Gasteiger partial charge in [-0.2, -0.15) is 0 Å². The van der Waals surface area contributed by atoms with Crippen LogP contribution in [0.2, 0.25) is 0 Å². The van der Waals surface area contributed by atoms with E-state index in [2.05, 4.69) is 44.7 Å². The fourth-order valence-corrected chi connectivity index (χ4v) is 4.96. The molecule has 0 unspecified atom stereocenters. The smallest absolute Gasteiger partial charge is 0.231 e. The number of thiophene rings is 1. The van der Waals surface area contributed by atoms with Gasteiger partial charge in [-0.1, -0.05) is 11.8 Å². The maximum absolute atomic E-state index is 12.6. The molecule has 3 aromatic rings. The molecule has 0 bridgehead atoms. The van der Waals surface area contributed by atoms with Crippen LogP contribution in [0.4, 0.5) is 0 Å². The number of nitrogens with two attached hydrogens (primary N) is 1. The van der Waals surface area contributed by atoms with Gasteiger partial charge in [-0.3, -0.25) is 19.7 Å². The third kappa shape index (κ3) is 4.37. The Morgan fingerprint density at radius 2 is 1.61 bits per heavy atom. The van der Waals surface area contributed by atoms with E-state index < -0.39 is 5.54 Å². The highest BCUT2D eigenvalue weighted by Gasteiger charge is 2.38.